The van der Waals surface area contributed by atoms with Crippen LogP contribution in [0.4, 0.5) is 0 Å². The molecule has 5 nitrogen and oxygen atoms in total. The zero-order valence-electron chi connectivity index (χ0n) is 15.2. The van der Waals surface area contributed by atoms with Crippen molar-refractivity contribution in [1.29, 1.82) is 0 Å². The van der Waals surface area contributed by atoms with E-state index in [-0.39, 0.29) is 11.9 Å². The van der Waals surface area contributed by atoms with E-state index in [0.717, 1.165) is 36.4 Å². The van der Waals surface area contributed by atoms with Gasteiger partial charge in [-0.25, -0.2) is 0 Å². The van der Waals surface area contributed by atoms with Crippen LogP contribution >= 0.6 is 0 Å². The van der Waals surface area contributed by atoms with E-state index in [0.29, 0.717) is 19.8 Å². The molecule has 5 heteroatoms. The maximum absolute atomic E-state index is 12.5. The van der Waals surface area contributed by atoms with Crippen molar-refractivity contribution in [2.24, 2.45) is 0 Å². The molecule has 0 radical (unpaired) electrons. The highest BCUT2D eigenvalue weighted by atomic mass is 16.5. The van der Waals surface area contributed by atoms with E-state index in [9.17, 15) is 4.79 Å². The Bertz CT molecular complexity index is 704. The molecule has 138 valence electrons. The number of furan rings is 1. The lowest BCUT2D eigenvalue weighted by Crippen LogP contribution is -2.43. The van der Waals surface area contributed by atoms with Crippen molar-refractivity contribution in [3.05, 3.63) is 66.1 Å². The molecule has 1 N–H and O–H groups in total. The standard InChI is InChI=1S/C21H26N2O3/c1-2-17(18-7-4-3-5-8-18)15-21(24)22-16-19(20-9-6-12-26-20)23-10-13-25-14-11-23/h3-9,12,15,19H,2,10-11,13-14,16H2,1H3,(H,22,24)/b17-15+. The normalized spacial score (nSPS) is 17.0. The minimum Gasteiger partial charge on any atom is -0.468 e. The Morgan fingerprint density at radius 3 is 2.62 bits per heavy atom. The van der Waals surface area contributed by atoms with Crippen LogP contribution in [0.15, 0.2) is 59.2 Å². The Morgan fingerprint density at radius 2 is 1.96 bits per heavy atom. The van der Waals surface area contributed by atoms with E-state index >= 15 is 0 Å². The molecule has 1 saturated heterocycles. The van der Waals surface area contributed by atoms with E-state index in [1.54, 1.807) is 12.3 Å². The molecule has 1 aromatic heterocycles. The third-order valence-electron chi connectivity index (χ3n) is 4.66. The number of carbonyl (C=O) groups is 1. The zero-order valence-corrected chi connectivity index (χ0v) is 15.2. The van der Waals surface area contributed by atoms with E-state index in [2.05, 4.69) is 17.1 Å². The molecule has 2 aromatic rings. The number of nitrogens with zero attached hydrogens (tertiary/aromatic N) is 1. The largest absolute Gasteiger partial charge is 0.468 e. The van der Waals surface area contributed by atoms with E-state index in [1.807, 2.05) is 42.5 Å². The van der Waals surface area contributed by atoms with Crippen LogP contribution in [0, 0.1) is 0 Å². The fourth-order valence-corrected chi connectivity index (χ4v) is 3.23. The second-order valence-corrected chi connectivity index (χ2v) is 6.31. The number of nitrogens with one attached hydrogen (secondary N) is 1. The molecular formula is C21H26N2O3. The van der Waals surface area contributed by atoms with Crippen LogP contribution in [0.3, 0.4) is 0 Å². The van der Waals surface area contributed by atoms with Crippen molar-refractivity contribution in [3.63, 3.8) is 0 Å². The Morgan fingerprint density at radius 1 is 1.19 bits per heavy atom. The van der Waals surface area contributed by atoms with Crippen LogP contribution < -0.4 is 5.32 Å². The van der Waals surface area contributed by atoms with Crippen LogP contribution in [0.2, 0.25) is 0 Å². The predicted molar refractivity (Wildman–Crippen MR) is 102 cm³/mol. The van der Waals surface area contributed by atoms with Gasteiger partial charge >= 0.3 is 0 Å². The summed E-state index contributed by atoms with van der Waals surface area (Å²) in [4.78, 5) is 14.8. The molecule has 0 bridgehead atoms. The molecule has 3 rings (SSSR count). The zero-order chi connectivity index (χ0) is 18.2. The van der Waals surface area contributed by atoms with Crippen LogP contribution in [-0.4, -0.2) is 43.7 Å². The lowest BCUT2D eigenvalue weighted by Gasteiger charge is -2.33. The number of ether oxygens (including phenoxy) is 1. The summed E-state index contributed by atoms with van der Waals surface area (Å²) in [5, 5.41) is 3.05. The second kappa shape index (κ2) is 9.36. The molecule has 1 amide bonds. The summed E-state index contributed by atoms with van der Waals surface area (Å²) >= 11 is 0. The van der Waals surface area contributed by atoms with Crippen molar-refractivity contribution < 1.29 is 13.9 Å². The van der Waals surface area contributed by atoms with Crippen molar-refractivity contribution in [2.75, 3.05) is 32.8 Å². The van der Waals surface area contributed by atoms with Crippen LogP contribution in [-0.2, 0) is 9.53 Å². The molecule has 0 saturated carbocycles. The fraction of sp³-hybridized carbons (Fsp3) is 0.381. The van der Waals surface area contributed by atoms with Crippen molar-refractivity contribution in [3.8, 4) is 0 Å². The average molecular weight is 354 g/mol. The molecule has 1 fully saturated rings. The number of hydrogen-bond donors (Lipinski definition) is 1. The summed E-state index contributed by atoms with van der Waals surface area (Å²) in [6.07, 6.45) is 4.19. The summed E-state index contributed by atoms with van der Waals surface area (Å²) in [6, 6.07) is 13.9. The number of amides is 1. The molecule has 1 aromatic carbocycles. The van der Waals surface area contributed by atoms with E-state index in [4.69, 9.17) is 9.15 Å². The molecule has 0 spiro atoms. The molecule has 1 unspecified atom stereocenters. The summed E-state index contributed by atoms with van der Waals surface area (Å²) in [5.74, 6) is 0.797. The summed E-state index contributed by atoms with van der Waals surface area (Å²) in [7, 11) is 0. The predicted octanol–water partition coefficient (Wildman–Crippen LogP) is 3.26. The third kappa shape index (κ3) is 4.84. The first kappa shape index (κ1) is 18.4. The van der Waals surface area contributed by atoms with Gasteiger partial charge in [-0.1, -0.05) is 37.3 Å². The number of hydrogen-bond acceptors (Lipinski definition) is 4. The summed E-state index contributed by atoms with van der Waals surface area (Å²) < 4.78 is 11.0. The number of benzene rings is 1. The highest BCUT2D eigenvalue weighted by Gasteiger charge is 2.25. The van der Waals surface area contributed by atoms with Gasteiger partial charge in [0.15, 0.2) is 0 Å². The topological polar surface area (TPSA) is 54.7 Å². The minimum absolute atomic E-state index is 0.0213. The van der Waals surface area contributed by atoms with Gasteiger partial charge in [0.05, 0.1) is 25.5 Å². The molecule has 1 aliphatic heterocycles. The average Bonchev–Trinajstić information content (AvgIpc) is 3.22. The highest BCUT2D eigenvalue weighted by molar-refractivity contribution is 5.95. The lowest BCUT2D eigenvalue weighted by molar-refractivity contribution is -0.116. The lowest BCUT2D eigenvalue weighted by atomic mass is 10.0. The Hall–Kier alpha value is -2.37. The SMILES string of the molecule is CC/C(=C\C(=O)NCC(c1ccco1)N1CCOCC1)c1ccccc1. The Labute approximate surface area is 154 Å². The van der Waals surface area contributed by atoms with E-state index < -0.39 is 0 Å². The molecule has 1 atom stereocenters. The number of morpholine rings is 1. The molecule has 2 heterocycles. The number of allylic oxidation sites excluding steroid dienone is 1. The van der Waals surface area contributed by atoms with Gasteiger partial charge in [0.25, 0.3) is 0 Å². The summed E-state index contributed by atoms with van der Waals surface area (Å²) in [5.41, 5.74) is 2.12. The van der Waals surface area contributed by atoms with Crippen LogP contribution in [0.25, 0.3) is 5.57 Å². The van der Waals surface area contributed by atoms with Gasteiger partial charge in [-0.3, -0.25) is 9.69 Å². The fourth-order valence-electron chi connectivity index (χ4n) is 3.23. The van der Waals surface area contributed by atoms with Gasteiger partial charge in [-0.15, -0.1) is 0 Å². The highest BCUT2D eigenvalue weighted by Crippen LogP contribution is 2.22. The first-order valence-corrected chi connectivity index (χ1v) is 9.17. The smallest absolute Gasteiger partial charge is 0.244 e. The van der Waals surface area contributed by atoms with Crippen molar-refractivity contribution >= 4 is 11.5 Å². The second-order valence-electron chi connectivity index (χ2n) is 6.31. The van der Waals surface area contributed by atoms with Gasteiger partial charge in [0.1, 0.15) is 5.76 Å². The molecular weight excluding hydrogens is 328 g/mol. The van der Waals surface area contributed by atoms with Gasteiger partial charge in [-0.05, 0) is 29.7 Å². The first-order valence-electron chi connectivity index (χ1n) is 9.17. The van der Waals surface area contributed by atoms with Gasteiger partial charge in [-0.2, -0.15) is 0 Å². The van der Waals surface area contributed by atoms with Crippen LogP contribution in [0.5, 0.6) is 0 Å². The number of rotatable bonds is 7. The molecule has 26 heavy (non-hydrogen) atoms. The van der Waals surface area contributed by atoms with Crippen molar-refractivity contribution in [2.45, 2.75) is 19.4 Å². The molecule has 0 aliphatic carbocycles. The van der Waals surface area contributed by atoms with Crippen molar-refractivity contribution in [1.82, 2.24) is 10.2 Å². The van der Waals surface area contributed by atoms with E-state index in [1.165, 1.54) is 0 Å². The monoisotopic (exact) mass is 354 g/mol. The molecule has 1 aliphatic rings. The van der Waals surface area contributed by atoms with Gasteiger partial charge < -0.3 is 14.5 Å². The maximum atomic E-state index is 12.5. The number of carbonyl (C=O) groups excluding carboxylic acids is 1. The Balaban J connectivity index is 1.66. The van der Waals surface area contributed by atoms with Crippen LogP contribution in [0.1, 0.15) is 30.7 Å². The first-order chi connectivity index (χ1) is 12.8. The Kier molecular flexibility index (Phi) is 6.63. The maximum Gasteiger partial charge on any atom is 0.244 e. The van der Waals surface area contributed by atoms with Gasteiger partial charge in [0, 0.05) is 25.7 Å². The summed E-state index contributed by atoms with van der Waals surface area (Å²) in [6.45, 7) is 5.65. The third-order valence-corrected chi connectivity index (χ3v) is 4.66. The quantitative estimate of drug-likeness (QED) is 0.776. The van der Waals surface area contributed by atoms with Gasteiger partial charge in [0.2, 0.25) is 5.91 Å². The minimum atomic E-state index is -0.0736.